The standard InChI is InChI=1S/C21H21ClN2O2/c22-17-7-5-16(6-8-17)21-10-9-18(26-21)15-23-19-3-1-2-4-20(19)24-11-13-25-14-12-24/h1-10,23H,11-15H2. The summed E-state index contributed by atoms with van der Waals surface area (Å²) in [6.07, 6.45) is 0. The summed E-state index contributed by atoms with van der Waals surface area (Å²) in [7, 11) is 0. The molecular weight excluding hydrogens is 348 g/mol. The Morgan fingerprint density at radius 3 is 2.50 bits per heavy atom. The Morgan fingerprint density at radius 2 is 1.69 bits per heavy atom. The van der Waals surface area contributed by atoms with Crippen LogP contribution in [0.4, 0.5) is 11.4 Å². The zero-order valence-corrected chi connectivity index (χ0v) is 15.2. The molecule has 0 unspecified atom stereocenters. The summed E-state index contributed by atoms with van der Waals surface area (Å²) in [6.45, 7) is 4.02. The number of benzene rings is 2. The molecule has 26 heavy (non-hydrogen) atoms. The maximum atomic E-state index is 5.98. The van der Waals surface area contributed by atoms with Crippen molar-refractivity contribution in [2.45, 2.75) is 6.54 Å². The molecule has 1 aliphatic rings. The zero-order valence-electron chi connectivity index (χ0n) is 14.5. The van der Waals surface area contributed by atoms with E-state index in [1.807, 2.05) is 42.5 Å². The molecule has 0 radical (unpaired) electrons. The molecule has 0 aliphatic carbocycles. The number of nitrogens with zero attached hydrogens (tertiary/aromatic N) is 1. The number of hydrogen-bond donors (Lipinski definition) is 1. The Bertz CT molecular complexity index is 854. The smallest absolute Gasteiger partial charge is 0.134 e. The number of rotatable bonds is 5. The summed E-state index contributed by atoms with van der Waals surface area (Å²) in [5.74, 6) is 1.74. The number of nitrogens with one attached hydrogen (secondary N) is 1. The van der Waals surface area contributed by atoms with Gasteiger partial charge in [-0.2, -0.15) is 0 Å². The van der Waals surface area contributed by atoms with E-state index in [4.69, 9.17) is 20.8 Å². The molecule has 1 fully saturated rings. The SMILES string of the molecule is Clc1ccc(-c2ccc(CNc3ccccc3N3CCOCC3)o2)cc1. The Morgan fingerprint density at radius 1 is 0.923 bits per heavy atom. The highest BCUT2D eigenvalue weighted by Crippen LogP contribution is 2.28. The summed E-state index contributed by atoms with van der Waals surface area (Å²) in [6, 6.07) is 20.0. The molecule has 1 N–H and O–H groups in total. The van der Waals surface area contributed by atoms with E-state index in [1.165, 1.54) is 5.69 Å². The predicted molar refractivity (Wildman–Crippen MR) is 106 cm³/mol. The van der Waals surface area contributed by atoms with Gasteiger partial charge >= 0.3 is 0 Å². The molecule has 4 rings (SSSR count). The van der Waals surface area contributed by atoms with Gasteiger partial charge in [0.05, 0.1) is 31.1 Å². The third-order valence-corrected chi connectivity index (χ3v) is 4.75. The van der Waals surface area contributed by atoms with E-state index in [0.717, 1.165) is 54.1 Å². The Hall–Kier alpha value is -2.43. The molecule has 2 aromatic carbocycles. The molecule has 0 atom stereocenters. The number of halogens is 1. The Kier molecular flexibility index (Phi) is 5.14. The van der Waals surface area contributed by atoms with Gasteiger partial charge < -0.3 is 19.4 Å². The molecule has 0 saturated carbocycles. The maximum Gasteiger partial charge on any atom is 0.134 e. The summed E-state index contributed by atoms with van der Waals surface area (Å²) in [5.41, 5.74) is 3.34. The number of morpholine rings is 1. The van der Waals surface area contributed by atoms with Crippen LogP contribution < -0.4 is 10.2 Å². The summed E-state index contributed by atoms with van der Waals surface area (Å²) in [4.78, 5) is 2.35. The molecule has 2 heterocycles. The predicted octanol–water partition coefficient (Wildman–Crippen LogP) is 5.05. The molecule has 134 valence electrons. The van der Waals surface area contributed by atoms with Crippen LogP contribution in [0, 0.1) is 0 Å². The molecule has 3 aromatic rings. The average Bonchev–Trinajstić information content (AvgIpc) is 3.17. The first-order valence-electron chi connectivity index (χ1n) is 8.80. The first-order valence-corrected chi connectivity index (χ1v) is 9.18. The van der Waals surface area contributed by atoms with Gasteiger partial charge in [0.2, 0.25) is 0 Å². The zero-order chi connectivity index (χ0) is 17.8. The van der Waals surface area contributed by atoms with Crippen molar-refractivity contribution in [3.8, 4) is 11.3 Å². The quantitative estimate of drug-likeness (QED) is 0.684. The van der Waals surface area contributed by atoms with Crippen molar-refractivity contribution in [3.05, 3.63) is 71.4 Å². The summed E-state index contributed by atoms with van der Waals surface area (Å²) in [5, 5.41) is 4.23. The lowest BCUT2D eigenvalue weighted by Crippen LogP contribution is -2.36. The van der Waals surface area contributed by atoms with Gasteiger partial charge in [-0.05, 0) is 48.5 Å². The normalized spacial score (nSPS) is 14.4. The van der Waals surface area contributed by atoms with Gasteiger partial charge in [0.15, 0.2) is 0 Å². The van der Waals surface area contributed by atoms with Crippen LogP contribution >= 0.6 is 11.6 Å². The van der Waals surface area contributed by atoms with Crippen molar-refractivity contribution in [2.75, 3.05) is 36.5 Å². The molecule has 0 spiro atoms. The average molecular weight is 369 g/mol. The highest BCUT2D eigenvalue weighted by Gasteiger charge is 2.14. The van der Waals surface area contributed by atoms with Crippen molar-refractivity contribution in [1.29, 1.82) is 0 Å². The molecule has 4 nitrogen and oxygen atoms in total. The lowest BCUT2D eigenvalue weighted by molar-refractivity contribution is 0.123. The van der Waals surface area contributed by atoms with Gasteiger partial charge in [-0.15, -0.1) is 0 Å². The molecule has 5 heteroatoms. The summed E-state index contributed by atoms with van der Waals surface area (Å²) >= 11 is 5.95. The van der Waals surface area contributed by atoms with Crippen LogP contribution in [0.5, 0.6) is 0 Å². The van der Waals surface area contributed by atoms with Crippen LogP contribution in [0.1, 0.15) is 5.76 Å². The fourth-order valence-electron chi connectivity index (χ4n) is 3.13. The molecule has 0 amide bonds. The minimum Gasteiger partial charge on any atom is -0.459 e. The van der Waals surface area contributed by atoms with E-state index in [2.05, 4.69) is 28.4 Å². The van der Waals surface area contributed by atoms with Crippen LogP contribution in [0.3, 0.4) is 0 Å². The number of para-hydroxylation sites is 2. The first kappa shape index (κ1) is 17.0. The number of hydrogen-bond acceptors (Lipinski definition) is 4. The van der Waals surface area contributed by atoms with E-state index < -0.39 is 0 Å². The van der Waals surface area contributed by atoms with Crippen LogP contribution in [-0.2, 0) is 11.3 Å². The van der Waals surface area contributed by atoms with Crippen LogP contribution in [0.25, 0.3) is 11.3 Å². The van der Waals surface area contributed by atoms with Gasteiger partial charge in [0, 0.05) is 23.7 Å². The van der Waals surface area contributed by atoms with Crippen molar-refractivity contribution >= 4 is 23.0 Å². The number of anilines is 2. The number of ether oxygens (including phenoxy) is 1. The van der Waals surface area contributed by atoms with Crippen molar-refractivity contribution in [1.82, 2.24) is 0 Å². The minimum absolute atomic E-state index is 0.634. The highest BCUT2D eigenvalue weighted by molar-refractivity contribution is 6.30. The second-order valence-corrected chi connectivity index (χ2v) is 6.68. The van der Waals surface area contributed by atoms with Crippen LogP contribution in [0.15, 0.2) is 65.1 Å². The van der Waals surface area contributed by atoms with E-state index in [0.29, 0.717) is 6.54 Å². The fourth-order valence-corrected chi connectivity index (χ4v) is 3.25. The van der Waals surface area contributed by atoms with Crippen molar-refractivity contribution < 1.29 is 9.15 Å². The van der Waals surface area contributed by atoms with Gasteiger partial charge in [0.1, 0.15) is 11.5 Å². The molecule has 0 bridgehead atoms. The van der Waals surface area contributed by atoms with E-state index >= 15 is 0 Å². The van der Waals surface area contributed by atoms with Gasteiger partial charge in [0.25, 0.3) is 0 Å². The van der Waals surface area contributed by atoms with Gasteiger partial charge in [-0.25, -0.2) is 0 Å². The van der Waals surface area contributed by atoms with Crippen molar-refractivity contribution in [3.63, 3.8) is 0 Å². The largest absolute Gasteiger partial charge is 0.459 e. The third-order valence-electron chi connectivity index (χ3n) is 4.50. The molecule has 1 saturated heterocycles. The second kappa shape index (κ2) is 7.85. The fraction of sp³-hybridized carbons (Fsp3) is 0.238. The van der Waals surface area contributed by atoms with E-state index in [9.17, 15) is 0 Å². The Labute approximate surface area is 158 Å². The molecule has 1 aliphatic heterocycles. The topological polar surface area (TPSA) is 37.6 Å². The van der Waals surface area contributed by atoms with Gasteiger partial charge in [-0.3, -0.25) is 0 Å². The van der Waals surface area contributed by atoms with Crippen LogP contribution in [0.2, 0.25) is 5.02 Å². The lowest BCUT2D eigenvalue weighted by Gasteiger charge is -2.30. The molecular formula is C21H21ClN2O2. The monoisotopic (exact) mass is 368 g/mol. The van der Waals surface area contributed by atoms with Crippen molar-refractivity contribution in [2.24, 2.45) is 0 Å². The Balaban J connectivity index is 1.45. The second-order valence-electron chi connectivity index (χ2n) is 6.24. The molecule has 1 aromatic heterocycles. The van der Waals surface area contributed by atoms with Gasteiger partial charge in [-0.1, -0.05) is 23.7 Å². The minimum atomic E-state index is 0.634. The summed E-state index contributed by atoms with van der Waals surface area (Å²) < 4.78 is 11.4. The lowest BCUT2D eigenvalue weighted by atomic mass is 10.2. The maximum absolute atomic E-state index is 5.98. The highest BCUT2D eigenvalue weighted by atomic mass is 35.5. The number of furan rings is 1. The van der Waals surface area contributed by atoms with Crippen LogP contribution in [-0.4, -0.2) is 26.3 Å². The third kappa shape index (κ3) is 3.87. The van der Waals surface area contributed by atoms with E-state index in [1.54, 1.807) is 0 Å². The first-order chi connectivity index (χ1) is 12.8. The van der Waals surface area contributed by atoms with E-state index in [-0.39, 0.29) is 0 Å².